The Bertz CT molecular complexity index is 1070. The maximum absolute atomic E-state index is 15.0. The van der Waals surface area contributed by atoms with Gasteiger partial charge >= 0.3 is 18.0 Å². The van der Waals surface area contributed by atoms with Gasteiger partial charge in [-0.3, -0.25) is 9.59 Å². The Morgan fingerprint density at radius 1 is 1.06 bits per heavy atom. The Balaban J connectivity index is 1.38. The van der Waals surface area contributed by atoms with Gasteiger partial charge in [0.2, 0.25) is 0 Å². The number of nitrogens with one attached hydrogen (secondary N) is 2. The van der Waals surface area contributed by atoms with E-state index in [0.717, 1.165) is 22.3 Å². The lowest BCUT2D eigenvalue weighted by Crippen LogP contribution is -2.57. The molecular formula is C26H28F2N2O5. The molecule has 0 bridgehead atoms. The quantitative estimate of drug-likeness (QED) is 0.468. The molecule has 186 valence electrons. The second-order valence-electron chi connectivity index (χ2n) is 9.32. The van der Waals surface area contributed by atoms with E-state index in [-0.39, 0.29) is 25.5 Å². The highest BCUT2D eigenvalue weighted by molar-refractivity contribution is 5.85. The molecular weight excluding hydrogens is 458 g/mol. The lowest BCUT2D eigenvalue weighted by Gasteiger charge is -2.27. The summed E-state index contributed by atoms with van der Waals surface area (Å²) in [7, 11) is 0. The van der Waals surface area contributed by atoms with Crippen LogP contribution < -0.4 is 10.6 Å². The monoisotopic (exact) mass is 486 g/mol. The third-order valence-corrected chi connectivity index (χ3v) is 6.54. The Morgan fingerprint density at radius 2 is 1.63 bits per heavy atom. The largest absolute Gasteiger partial charge is 0.481 e. The lowest BCUT2D eigenvalue weighted by atomic mass is 9.98. The summed E-state index contributed by atoms with van der Waals surface area (Å²) in [5.74, 6) is -7.74. The van der Waals surface area contributed by atoms with Crippen LogP contribution in [-0.2, 0) is 14.3 Å². The minimum Gasteiger partial charge on any atom is -0.481 e. The SMILES string of the molecule is CC(CNC(=O)C(F)(F)C(NC(=O)OCC1c2ccccc2-c2ccccc21)C1CC1)CC(=O)O. The molecule has 2 atom stereocenters. The zero-order valence-corrected chi connectivity index (χ0v) is 19.3. The predicted octanol–water partition coefficient (Wildman–Crippen LogP) is 4.17. The molecule has 1 fully saturated rings. The van der Waals surface area contributed by atoms with E-state index in [1.165, 1.54) is 0 Å². The van der Waals surface area contributed by atoms with Crippen molar-refractivity contribution < 1.29 is 33.0 Å². The number of carbonyl (C=O) groups excluding carboxylic acids is 2. The summed E-state index contributed by atoms with van der Waals surface area (Å²) in [5, 5.41) is 13.1. The average molecular weight is 487 g/mol. The molecule has 2 aliphatic carbocycles. The molecule has 4 rings (SSSR count). The molecule has 2 aromatic carbocycles. The molecule has 0 aliphatic heterocycles. The van der Waals surface area contributed by atoms with Crippen molar-refractivity contribution >= 4 is 18.0 Å². The average Bonchev–Trinajstić information content (AvgIpc) is 3.61. The highest BCUT2D eigenvalue weighted by Crippen LogP contribution is 2.44. The van der Waals surface area contributed by atoms with Gasteiger partial charge in [-0.2, -0.15) is 8.78 Å². The van der Waals surface area contributed by atoms with Gasteiger partial charge in [0.1, 0.15) is 12.6 Å². The first kappa shape index (κ1) is 24.6. The molecule has 0 saturated heterocycles. The van der Waals surface area contributed by atoms with E-state index >= 15 is 0 Å². The van der Waals surface area contributed by atoms with Crippen LogP contribution in [0.25, 0.3) is 11.1 Å². The van der Waals surface area contributed by atoms with E-state index in [4.69, 9.17) is 9.84 Å². The minimum absolute atomic E-state index is 0.0261. The molecule has 2 unspecified atom stereocenters. The van der Waals surface area contributed by atoms with Gasteiger partial charge in [-0.1, -0.05) is 55.5 Å². The molecule has 2 amide bonds. The van der Waals surface area contributed by atoms with E-state index in [0.29, 0.717) is 12.8 Å². The van der Waals surface area contributed by atoms with Gasteiger partial charge in [0.25, 0.3) is 5.91 Å². The molecule has 35 heavy (non-hydrogen) atoms. The highest BCUT2D eigenvalue weighted by Gasteiger charge is 2.54. The number of carboxylic acids is 1. The summed E-state index contributed by atoms with van der Waals surface area (Å²) in [5.41, 5.74) is 4.10. The van der Waals surface area contributed by atoms with E-state index in [9.17, 15) is 23.2 Å². The molecule has 0 radical (unpaired) electrons. The molecule has 1 saturated carbocycles. The molecule has 0 spiro atoms. The maximum atomic E-state index is 15.0. The molecule has 0 aromatic heterocycles. The van der Waals surface area contributed by atoms with Gasteiger partial charge in [0, 0.05) is 18.9 Å². The number of amides is 2. The van der Waals surface area contributed by atoms with Crippen LogP contribution in [0.1, 0.15) is 43.2 Å². The van der Waals surface area contributed by atoms with Crippen molar-refractivity contribution in [2.45, 2.75) is 44.1 Å². The summed E-state index contributed by atoms with van der Waals surface area (Å²) < 4.78 is 35.3. The van der Waals surface area contributed by atoms with Crippen molar-refractivity contribution in [1.29, 1.82) is 0 Å². The van der Waals surface area contributed by atoms with E-state index < -0.39 is 41.8 Å². The fraction of sp³-hybridized carbons (Fsp3) is 0.423. The number of hydrogen-bond acceptors (Lipinski definition) is 4. The van der Waals surface area contributed by atoms with Crippen LogP contribution in [-0.4, -0.2) is 48.2 Å². The number of alkyl halides is 2. The van der Waals surface area contributed by atoms with Gasteiger partial charge in [-0.15, -0.1) is 0 Å². The van der Waals surface area contributed by atoms with Gasteiger partial charge in [0.15, 0.2) is 0 Å². The maximum Gasteiger partial charge on any atom is 0.407 e. The summed E-state index contributed by atoms with van der Waals surface area (Å²) >= 11 is 0. The summed E-state index contributed by atoms with van der Waals surface area (Å²) in [6, 6.07) is 13.9. The molecule has 3 N–H and O–H groups in total. The van der Waals surface area contributed by atoms with Crippen LogP contribution in [0.3, 0.4) is 0 Å². The first-order valence-electron chi connectivity index (χ1n) is 11.7. The van der Waals surface area contributed by atoms with Crippen molar-refractivity contribution in [1.82, 2.24) is 10.6 Å². The molecule has 7 nitrogen and oxygen atoms in total. The fourth-order valence-corrected chi connectivity index (χ4v) is 4.60. The molecule has 2 aromatic rings. The normalized spacial score (nSPS) is 16.5. The summed E-state index contributed by atoms with van der Waals surface area (Å²) in [6.45, 7) is 1.31. The van der Waals surface area contributed by atoms with Crippen LogP contribution in [0.2, 0.25) is 0 Å². The van der Waals surface area contributed by atoms with Crippen LogP contribution in [0.5, 0.6) is 0 Å². The molecule has 0 heterocycles. The number of aliphatic carboxylic acids is 1. The number of alkyl carbamates (subject to hydrolysis) is 1. The number of hydrogen-bond donors (Lipinski definition) is 3. The van der Waals surface area contributed by atoms with E-state index in [2.05, 4.69) is 10.6 Å². The van der Waals surface area contributed by atoms with Crippen molar-refractivity contribution in [2.24, 2.45) is 11.8 Å². The van der Waals surface area contributed by atoms with Crippen molar-refractivity contribution in [3.63, 3.8) is 0 Å². The molecule has 9 heteroatoms. The minimum atomic E-state index is -3.87. The third-order valence-electron chi connectivity index (χ3n) is 6.54. The van der Waals surface area contributed by atoms with Gasteiger partial charge in [0.05, 0.1) is 0 Å². The second-order valence-corrected chi connectivity index (χ2v) is 9.32. The summed E-state index contributed by atoms with van der Waals surface area (Å²) in [4.78, 5) is 35.6. The highest BCUT2D eigenvalue weighted by atomic mass is 19.3. The third kappa shape index (κ3) is 5.44. The first-order valence-corrected chi connectivity index (χ1v) is 11.7. The Kier molecular flexibility index (Phi) is 7.05. The topological polar surface area (TPSA) is 105 Å². The smallest absolute Gasteiger partial charge is 0.407 e. The fourth-order valence-electron chi connectivity index (χ4n) is 4.60. The summed E-state index contributed by atoms with van der Waals surface area (Å²) in [6.07, 6.45) is -0.328. The number of rotatable bonds is 10. The van der Waals surface area contributed by atoms with E-state index in [1.54, 1.807) is 6.92 Å². The second kappa shape index (κ2) is 10.0. The number of fused-ring (bicyclic) bond motifs is 3. The zero-order valence-electron chi connectivity index (χ0n) is 19.3. The predicted molar refractivity (Wildman–Crippen MR) is 124 cm³/mol. The Hall–Kier alpha value is -3.49. The number of benzene rings is 2. The number of carbonyl (C=O) groups is 3. The Labute approximate surface area is 201 Å². The number of carboxylic acid groups (broad SMARTS) is 1. The van der Waals surface area contributed by atoms with Gasteiger partial charge in [-0.25, -0.2) is 4.79 Å². The van der Waals surface area contributed by atoms with Crippen LogP contribution >= 0.6 is 0 Å². The lowest BCUT2D eigenvalue weighted by molar-refractivity contribution is -0.151. The standard InChI is InChI=1S/C26H28F2N2O5/c1-15(12-22(31)32)13-29-24(33)26(27,28)23(16-10-11-16)30-25(34)35-14-21-19-8-4-2-6-17(19)18-7-3-5-9-20(18)21/h2-9,15-16,21,23H,10-14H2,1H3,(H,29,33)(H,30,34)(H,31,32). The zero-order chi connectivity index (χ0) is 25.2. The van der Waals surface area contributed by atoms with Crippen LogP contribution in [0, 0.1) is 11.8 Å². The molecule has 2 aliphatic rings. The number of halogens is 2. The van der Waals surface area contributed by atoms with Crippen molar-refractivity contribution in [2.75, 3.05) is 13.2 Å². The Morgan fingerprint density at radius 3 is 2.17 bits per heavy atom. The van der Waals surface area contributed by atoms with E-state index in [1.807, 2.05) is 48.5 Å². The van der Waals surface area contributed by atoms with Gasteiger partial charge < -0.3 is 20.5 Å². The van der Waals surface area contributed by atoms with Gasteiger partial charge in [-0.05, 0) is 46.9 Å². The van der Waals surface area contributed by atoms with Crippen LogP contribution in [0.4, 0.5) is 13.6 Å². The van der Waals surface area contributed by atoms with Crippen molar-refractivity contribution in [3.05, 3.63) is 59.7 Å². The first-order chi connectivity index (χ1) is 16.7. The number of ether oxygens (including phenoxy) is 1. The van der Waals surface area contributed by atoms with Crippen molar-refractivity contribution in [3.8, 4) is 11.1 Å². The van der Waals surface area contributed by atoms with Crippen LogP contribution in [0.15, 0.2) is 48.5 Å².